The van der Waals surface area contributed by atoms with E-state index in [1.165, 1.54) is 17.1 Å². The molecule has 0 aliphatic carbocycles. The number of hydrogen-bond acceptors (Lipinski definition) is 5. The molecular formula is C19H17N5O3. The molecule has 1 unspecified atom stereocenters. The summed E-state index contributed by atoms with van der Waals surface area (Å²) < 4.78 is 1.49. The zero-order chi connectivity index (χ0) is 19.2. The highest BCUT2D eigenvalue weighted by molar-refractivity contribution is 6.38. The number of rotatable bonds is 7. The number of hydrogen-bond donors (Lipinski definition) is 2. The minimum absolute atomic E-state index is 0.145. The van der Waals surface area contributed by atoms with Crippen LogP contribution in [0, 0.1) is 0 Å². The normalized spacial score (nSPS) is 11.6. The summed E-state index contributed by atoms with van der Waals surface area (Å²) in [6, 6.07) is 13.2. The van der Waals surface area contributed by atoms with E-state index in [0.29, 0.717) is 5.82 Å². The first kappa shape index (κ1) is 18.0. The van der Waals surface area contributed by atoms with Crippen molar-refractivity contribution in [3.63, 3.8) is 0 Å². The van der Waals surface area contributed by atoms with E-state index in [1.807, 2.05) is 6.07 Å². The van der Waals surface area contributed by atoms with E-state index in [1.54, 1.807) is 48.7 Å². The molecule has 3 aromatic rings. The zero-order valence-corrected chi connectivity index (χ0v) is 14.3. The average Bonchev–Trinajstić information content (AvgIpc) is 3.18. The van der Waals surface area contributed by atoms with Gasteiger partial charge in [-0.2, -0.15) is 0 Å². The number of carbonyl (C=O) groups is 3. The number of nitrogens with two attached hydrogens (primary N) is 1. The van der Waals surface area contributed by atoms with Gasteiger partial charge in [-0.05, 0) is 17.7 Å². The van der Waals surface area contributed by atoms with Crippen molar-refractivity contribution >= 4 is 17.6 Å². The third kappa shape index (κ3) is 4.24. The molecule has 2 amide bonds. The largest absolute Gasteiger partial charge is 0.363 e. The highest BCUT2D eigenvalue weighted by Gasteiger charge is 2.27. The van der Waals surface area contributed by atoms with Crippen molar-refractivity contribution in [3.8, 4) is 5.82 Å². The number of pyridine rings is 1. The summed E-state index contributed by atoms with van der Waals surface area (Å²) in [6.45, 7) is 0. The van der Waals surface area contributed by atoms with Crippen molar-refractivity contribution in [2.75, 3.05) is 0 Å². The summed E-state index contributed by atoms with van der Waals surface area (Å²) >= 11 is 0. The van der Waals surface area contributed by atoms with E-state index >= 15 is 0 Å². The number of ketones is 1. The molecular weight excluding hydrogens is 346 g/mol. The van der Waals surface area contributed by atoms with Crippen LogP contribution in [0.4, 0.5) is 0 Å². The number of benzene rings is 1. The van der Waals surface area contributed by atoms with E-state index < -0.39 is 23.6 Å². The molecule has 136 valence electrons. The van der Waals surface area contributed by atoms with Crippen molar-refractivity contribution < 1.29 is 14.4 Å². The highest BCUT2D eigenvalue weighted by Crippen LogP contribution is 2.10. The number of carbonyl (C=O) groups excluding carboxylic acids is 3. The van der Waals surface area contributed by atoms with Gasteiger partial charge in [0.2, 0.25) is 5.78 Å². The van der Waals surface area contributed by atoms with Crippen LogP contribution in [0.25, 0.3) is 5.82 Å². The summed E-state index contributed by atoms with van der Waals surface area (Å²) in [6.07, 6.45) is 4.54. The van der Waals surface area contributed by atoms with E-state index in [-0.39, 0.29) is 12.1 Å². The number of nitrogens with one attached hydrogen (secondary N) is 1. The van der Waals surface area contributed by atoms with Crippen LogP contribution in [0.1, 0.15) is 16.1 Å². The monoisotopic (exact) mass is 363 g/mol. The molecule has 27 heavy (non-hydrogen) atoms. The van der Waals surface area contributed by atoms with Crippen LogP contribution in [0.2, 0.25) is 0 Å². The number of amides is 2. The maximum atomic E-state index is 12.7. The molecule has 3 N–H and O–H groups in total. The lowest BCUT2D eigenvalue weighted by Gasteiger charge is -2.17. The van der Waals surface area contributed by atoms with Gasteiger partial charge >= 0.3 is 0 Å². The third-order valence-corrected chi connectivity index (χ3v) is 3.91. The topological polar surface area (TPSA) is 120 Å². The summed E-state index contributed by atoms with van der Waals surface area (Å²) in [5.41, 5.74) is 6.11. The molecule has 8 nitrogen and oxygen atoms in total. The Hall–Kier alpha value is -3.81. The number of imidazole rings is 1. The predicted molar refractivity (Wildman–Crippen MR) is 97.0 cm³/mol. The first-order chi connectivity index (χ1) is 13.1. The maximum Gasteiger partial charge on any atom is 0.287 e. The Morgan fingerprint density at radius 2 is 1.81 bits per heavy atom. The van der Waals surface area contributed by atoms with E-state index in [2.05, 4.69) is 15.3 Å². The quantitative estimate of drug-likeness (QED) is 0.598. The Kier molecular flexibility index (Phi) is 5.36. The maximum absolute atomic E-state index is 12.7. The van der Waals surface area contributed by atoms with Gasteiger partial charge in [-0.3, -0.25) is 19.0 Å². The molecule has 0 saturated carbocycles. The lowest BCUT2D eigenvalue weighted by Crippen LogP contribution is -2.47. The Bertz CT molecular complexity index is 954. The molecule has 1 atom stereocenters. The van der Waals surface area contributed by atoms with Gasteiger partial charge in [-0.25, -0.2) is 9.97 Å². The molecule has 0 aliphatic heterocycles. The van der Waals surface area contributed by atoms with Crippen LogP contribution in [-0.2, 0) is 16.0 Å². The summed E-state index contributed by atoms with van der Waals surface area (Å²) in [4.78, 5) is 44.4. The molecule has 0 saturated heterocycles. The van der Waals surface area contributed by atoms with Crippen molar-refractivity contribution in [1.29, 1.82) is 0 Å². The number of primary amides is 1. The molecule has 1 aromatic carbocycles. The highest BCUT2D eigenvalue weighted by atomic mass is 16.2. The second-order valence-electron chi connectivity index (χ2n) is 5.78. The fourth-order valence-corrected chi connectivity index (χ4v) is 2.60. The van der Waals surface area contributed by atoms with E-state index in [0.717, 1.165) is 5.56 Å². The molecule has 8 heteroatoms. The Morgan fingerprint density at radius 1 is 1.07 bits per heavy atom. The van der Waals surface area contributed by atoms with Gasteiger partial charge in [-0.15, -0.1) is 0 Å². The summed E-state index contributed by atoms with van der Waals surface area (Å²) in [5, 5.41) is 2.58. The fourth-order valence-electron chi connectivity index (χ4n) is 2.60. The Labute approximate surface area is 155 Å². The van der Waals surface area contributed by atoms with Gasteiger partial charge < -0.3 is 11.1 Å². The molecule has 2 aromatic heterocycles. The Balaban J connectivity index is 1.84. The van der Waals surface area contributed by atoms with Gasteiger partial charge in [-0.1, -0.05) is 36.4 Å². The Morgan fingerprint density at radius 3 is 2.48 bits per heavy atom. The van der Waals surface area contributed by atoms with Gasteiger partial charge in [0.1, 0.15) is 23.9 Å². The number of nitrogens with zero attached hydrogens (tertiary/aromatic N) is 3. The van der Waals surface area contributed by atoms with E-state index in [9.17, 15) is 14.4 Å². The van der Waals surface area contributed by atoms with E-state index in [4.69, 9.17) is 5.73 Å². The molecule has 0 aliphatic rings. The van der Waals surface area contributed by atoms with Crippen molar-refractivity contribution in [1.82, 2.24) is 19.9 Å². The minimum atomic E-state index is -1.10. The smallest absolute Gasteiger partial charge is 0.287 e. The van der Waals surface area contributed by atoms with Crippen molar-refractivity contribution in [2.24, 2.45) is 5.73 Å². The van der Waals surface area contributed by atoms with Crippen LogP contribution < -0.4 is 11.1 Å². The zero-order valence-electron chi connectivity index (χ0n) is 14.3. The van der Waals surface area contributed by atoms with Crippen LogP contribution in [0.3, 0.4) is 0 Å². The van der Waals surface area contributed by atoms with Crippen LogP contribution in [0.5, 0.6) is 0 Å². The number of aromatic nitrogens is 3. The summed E-state index contributed by atoms with van der Waals surface area (Å²) in [7, 11) is 0. The van der Waals surface area contributed by atoms with Gasteiger partial charge in [0.25, 0.3) is 11.8 Å². The second kappa shape index (κ2) is 8.05. The molecule has 0 radical (unpaired) electrons. The average molecular weight is 363 g/mol. The van der Waals surface area contributed by atoms with Crippen LogP contribution >= 0.6 is 0 Å². The molecule has 0 bridgehead atoms. The first-order valence-corrected chi connectivity index (χ1v) is 8.18. The van der Waals surface area contributed by atoms with Crippen molar-refractivity contribution in [3.05, 3.63) is 78.5 Å². The SMILES string of the molecule is NC(=O)C(=O)C(Cc1ccccc1)NC(=O)c1cncn1-c1ccccn1. The van der Waals surface area contributed by atoms with Crippen LogP contribution in [0.15, 0.2) is 67.3 Å². The van der Waals surface area contributed by atoms with Crippen LogP contribution in [-0.4, -0.2) is 38.2 Å². The molecule has 2 heterocycles. The second-order valence-corrected chi connectivity index (χ2v) is 5.78. The number of Topliss-reactive ketones (excluding diaryl/α,β-unsaturated/α-hetero) is 1. The van der Waals surface area contributed by atoms with Crippen molar-refractivity contribution in [2.45, 2.75) is 12.5 Å². The lowest BCUT2D eigenvalue weighted by atomic mass is 10.0. The first-order valence-electron chi connectivity index (χ1n) is 8.18. The standard InChI is InChI=1S/C19H17N5O3/c20-18(26)17(25)14(10-13-6-2-1-3-7-13)23-19(27)15-11-21-12-24(15)16-8-4-5-9-22-16/h1-9,11-12,14H,10H2,(H2,20,26)(H,23,27). The van der Waals surface area contributed by atoms with Gasteiger partial charge in [0, 0.05) is 12.6 Å². The molecule has 0 spiro atoms. The predicted octanol–water partition coefficient (Wildman–Crippen LogP) is 0.663. The fraction of sp³-hybridized carbons (Fsp3) is 0.105. The molecule has 3 rings (SSSR count). The third-order valence-electron chi connectivity index (χ3n) is 3.91. The van der Waals surface area contributed by atoms with Gasteiger partial charge in [0.05, 0.1) is 6.20 Å². The minimum Gasteiger partial charge on any atom is -0.363 e. The molecule has 0 fully saturated rings. The van der Waals surface area contributed by atoms with Gasteiger partial charge in [0.15, 0.2) is 0 Å². The lowest BCUT2D eigenvalue weighted by molar-refractivity contribution is -0.137. The summed E-state index contributed by atoms with van der Waals surface area (Å²) in [5.74, 6) is -2.03.